The molecule has 0 aliphatic carbocycles. The number of nitrogens with two attached hydrogens (primary N) is 1. The summed E-state index contributed by atoms with van der Waals surface area (Å²) in [4.78, 5) is 11.2. The van der Waals surface area contributed by atoms with Gasteiger partial charge in [-0.05, 0) is 46.0 Å². The molecular weight excluding hydrogens is 200 g/mol. The van der Waals surface area contributed by atoms with Gasteiger partial charge < -0.3 is 10.6 Å². The molecule has 1 aliphatic heterocycles. The van der Waals surface area contributed by atoms with Gasteiger partial charge in [0, 0.05) is 17.3 Å². The van der Waals surface area contributed by atoms with Crippen molar-refractivity contribution in [3.05, 3.63) is 23.3 Å². The van der Waals surface area contributed by atoms with Crippen LogP contribution in [0, 0.1) is 6.92 Å². The van der Waals surface area contributed by atoms with Crippen LogP contribution < -0.4 is 5.73 Å². The standard InChI is InChI=1S/C12H20N4/c1-9-7-11(15-12(8-13)14-9)10-3-5-16(2)6-4-10/h7,10H,3-6,8,13H2,1-2H3. The quantitative estimate of drug-likeness (QED) is 0.809. The molecule has 2 rings (SSSR count). The van der Waals surface area contributed by atoms with Gasteiger partial charge in [0.25, 0.3) is 0 Å². The van der Waals surface area contributed by atoms with Crippen molar-refractivity contribution in [1.29, 1.82) is 0 Å². The van der Waals surface area contributed by atoms with Crippen molar-refractivity contribution in [3.8, 4) is 0 Å². The number of piperidine rings is 1. The van der Waals surface area contributed by atoms with Crippen LogP contribution >= 0.6 is 0 Å². The number of hydrogen-bond acceptors (Lipinski definition) is 4. The Morgan fingerprint density at radius 2 is 2.06 bits per heavy atom. The Bertz CT molecular complexity index is 356. The second-order valence-electron chi connectivity index (χ2n) is 4.63. The Hall–Kier alpha value is -1.00. The van der Waals surface area contributed by atoms with Crippen molar-refractivity contribution in [1.82, 2.24) is 14.9 Å². The highest BCUT2D eigenvalue weighted by molar-refractivity contribution is 5.15. The van der Waals surface area contributed by atoms with Crippen LogP contribution in [0.3, 0.4) is 0 Å². The average Bonchev–Trinajstić information content (AvgIpc) is 2.29. The first-order valence-electron chi connectivity index (χ1n) is 5.92. The van der Waals surface area contributed by atoms with E-state index in [2.05, 4.69) is 28.0 Å². The normalized spacial score (nSPS) is 18.9. The number of rotatable bonds is 2. The van der Waals surface area contributed by atoms with Gasteiger partial charge in [0.1, 0.15) is 5.82 Å². The van der Waals surface area contributed by atoms with Crippen molar-refractivity contribution >= 4 is 0 Å². The number of nitrogens with zero attached hydrogens (tertiary/aromatic N) is 3. The van der Waals surface area contributed by atoms with Gasteiger partial charge in [0.2, 0.25) is 0 Å². The third kappa shape index (κ3) is 2.57. The number of hydrogen-bond donors (Lipinski definition) is 1. The van der Waals surface area contributed by atoms with Crippen molar-refractivity contribution < 1.29 is 0 Å². The molecule has 2 heterocycles. The maximum Gasteiger partial charge on any atom is 0.142 e. The number of aryl methyl sites for hydroxylation is 1. The van der Waals surface area contributed by atoms with Gasteiger partial charge in [-0.2, -0.15) is 0 Å². The fraction of sp³-hybridized carbons (Fsp3) is 0.667. The fourth-order valence-electron chi connectivity index (χ4n) is 2.26. The first-order valence-corrected chi connectivity index (χ1v) is 5.92. The maximum absolute atomic E-state index is 5.61. The van der Waals surface area contributed by atoms with Crippen LogP contribution in [0.2, 0.25) is 0 Å². The molecular formula is C12H20N4. The summed E-state index contributed by atoms with van der Waals surface area (Å²) in [7, 11) is 2.17. The third-order valence-corrected chi connectivity index (χ3v) is 3.24. The smallest absolute Gasteiger partial charge is 0.142 e. The molecule has 0 atom stereocenters. The lowest BCUT2D eigenvalue weighted by Crippen LogP contribution is -2.29. The molecule has 0 spiro atoms. The zero-order valence-electron chi connectivity index (χ0n) is 10.1. The van der Waals surface area contributed by atoms with Crippen LogP contribution in [0.1, 0.15) is 36.0 Å². The van der Waals surface area contributed by atoms with Gasteiger partial charge in [-0.15, -0.1) is 0 Å². The van der Waals surface area contributed by atoms with E-state index in [-0.39, 0.29) is 0 Å². The predicted octanol–water partition coefficient (Wildman–Crippen LogP) is 1.05. The van der Waals surface area contributed by atoms with Gasteiger partial charge in [0.15, 0.2) is 0 Å². The fourth-order valence-corrected chi connectivity index (χ4v) is 2.26. The molecule has 88 valence electrons. The van der Waals surface area contributed by atoms with E-state index in [9.17, 15) is 0 Å². The highest BCUT2D eigenvalue weighted by Crippen LogP contribution is 2.26. The molecule has 1 saturated heterocycles. The largest absolute Gasteiger partial charge is 0.324 e. The molecule has 0 bridgehead atoms. The number of aromatic nitrogens is 2. The topological polar surface area (TPSA) is 55.0 Å². The summed E-state index contributed by atoms with van der Waals surface area (Å²) in [5, 5.41) is 0. The summed E-state index contributed by atoms with van der Waals surface area (Å²) in [6.45, 7) is 4.76. The SMILES string of the molecule is Cc1cc(C2CCN(C)CC2)nc(CN)n1. The molecule has 1 fully saturated rings. The van der Waals surface area contributed by atoms with E-state index in [0.29, 0.717) is 12.5 Å². The van der Waals surface area contributed by atoms with E-state index in [0.717, 1.165) is 24.6 Å². The Balaban J connectivity index is 2.16. The van der Waals surface area contributed by atoms with Crippen LogP contribution in [-0.4, -0.2) is 35.0 Å². The van der Waals surface area contributed by atoms with Crippen molar-refractivity contribution in [2.45, 2.75) is 32.2 Å². The second kappa shape index (κ2) is 4.89. The lowest BCUT2D eigenvalue weighted by atomic mass is 9.93. The van der Waals surface area contributed by atoms with Crippen molar-refractivity contribution in [2.75, 3.05) is 20.1 Å². The molecule has 1 aromatic heterocycles. The lowest BCUT2D eigenvalue weighted by Gasteiger charge is -2.28. The minimum atomic E-state index is 0.432. The van der Waals surface area contributed by atoms with E-state index in [1.807, 2.05) is 6.92 Å². The van der Waals surface area contributed by atoms with Gasteiger partial charge >= 0.3 is 0 Å². The van der Waals surface area contributed by atoms with Crippen LogP contribution in [0.4, 0.5) is 0 Å². The van der Waals surface area contributed by atoms with Crippen LogP contribution in [0.25, 0.3) is 0 Å². The average molecular weight is 220 g/mol. The van der Waals surface area contributed by atoms with Gasteiger partial charge in [-0.1, -0.05) is 0 Å². The zero-order chi connectivity index (χ0) is 11.5. The molecule has 0 radical (unpaired) electrons. The van der Waals surface area contributed by atoms with E-state index in [1.54, 1.807) is 0 Å². The zero-order valence-corrected chi connectivity index (χ0v) is 10.1. The highest BCUT2D eigenvalue weighted by Gasteiger charge is 2.20. The van der Waals surface area contributed by atoms with Crippen LogP contribution in [-0.2, 0) is 6.54 Å². The van der Waals surface area contributed by atoms with Crippen molar-refractivity contribution in [2.24, 2.45) is 5.73 Å². The van der Waals surface area contributed by atoms with E-state index in [1.165, 1.54) is 18.5 Å². The molecule has 4 heteroatoms. The maximum atomic E-state index is 5.61. The van der Waals surface area contributed by atoms with Gasteiger partial charge in [0.05, 0.1) is 6.54 Å². The summed E-state index contributed by atoms with van der Waals surface area (Å²) < 4.78 is 0. The first kappa shape index (κ1) is 11.5. The molecule has 16 heavy (non-hydrogen) atoms. The molecule has 1 aliphatic rings. The Labute approximate surface area is 96.9 Å². The minimum Gasteiger partial charge on any atom is -0.324 e. The Morgan fingerprint density at radius 1 is 1.38 bits per heavy atom. The Morgan fingerprint density at radius 3 is 2.69 bits per heavy atom. The molecule has 2 N–H and O–H groups in total. The first-order chi connectivity index (χ1) is 7.69. The summed E-state index contributed by atoms with van der Waals surface area (Å²) >= 11 is 0. The Kier molecular flexibility index (Phi) is 3.51. The van der Waals surface area contributed by atoms with Crippen molar-refractivity contribution in [3.63, 3.8) is 0 Å². The molecule has 0 amide bonds. The van der Waals surface area contributed by atoms with E-state index < -0.39 is 0 Å². The summed E-state index contributed by atoms with van der Waals surface area (Å²) in [6.07, 6.45) is 2.38. The lowest BCUT2D eigenvalue weighted by molar-refractivity contribution is 0.253. The van der Waals surface area contributed by atoms with Crippen LogP contribution in [0.15, 0.2) is 6.07 Å². The summed E-state index contributed by atoms with van der Waals surface area (Å²) in [6, 6.07) is 2.11. The molecule has 0 unspecified atom stereocenters. The number of likely N-dealkylation sites (tertiary alicyclic amines) is 1. The van der Waals surface area contributed by atoms with Gasteiger partial charge in [-0.25, -0.2) is 9.97 Å². The second-order valence-corrected chi connectivity index (χ2v) is 4.63. The summed E-state index contributed by atoms with van der Waals surface area (Å²) in [5.74, 6) is 1.36. The highest BCUT2D eigenvalue weighted by atomic mass is 15.1. The monoisotopic (exact) mass is 220 g/mol. The van der Waals surface area contributed by atoms with E-state index >= 15 is 0 Å². The molecule has 0 saturated carbocycles. The predicted molar refractivity (Wildman–Crippen MR) is 64.1 cm³/mol. The van der Waals surface area contributed by atoms with Crippen LogP contribution in [0.5, 0.6) is 0 Å². The van der Waals surface area contributed by atoms with E-state index in [4.69, 9.17) is 5.73 Å². The minimum absolute atomic E-state index is 0.432. The molecule has 0 aromatic carbocycles. The third-order valence-electron chi connectivity index (χ3n) is 3.24. The summed E-state index contributed by atoms with van der Waals surface area (Å²) in [5.41, 5.74) is 7.82. The van der Waals surface area contributed by atoms with Gasteiger partial charge in [-0.3, -0.25) is 0 Å². The molecule has 4 nitrogen and oxygen atoms in total. The molecule has 1 aromatic rings.